The van der Waals surface area contributed by atoms with Gasteiger partial charge in [0.1, 0.15) is 11.5 Å². The van der Waals surface area contributed by atoms with Crippen molar-refractivity contribution < 1.29 is 10.2 Å². The summed E-state index contributed by atoms with van der Waals surface area (Å²) in [5.74, 6) is 0.819. The Hall–Kier alpha value is -1.22. The highest BCUT2D eigenvalue weighted by Gasteiger charge is 2.16. The summed E-state index contributed by atoms with van der Waals surface area (Å²) in [4.78, 5) is 0. The first-order chi connectivity index (χ1) is 6.56. The maximum absolute atomic E-state index is 9.60. The summed E-state index contributed by atoms with van der Waals surface area (Å²) in [6.07, 6.45) is 0. The van der Waals surface area contributed by atoms with Crippen LogP contribution in [-0.4, -0.2) is 16.8 Å². The molecule has 0 amide bonds. The van der Waals surface area contributed by atoms with E-state index in [2.05, 4.69) is 0 Å². The summed E-state index contributed by atoms with van der Waals surface area (Å²) in [5.41, 5.74) is 6.31. The molecule has 0 aliphatic rings. The Labute approximate surface area is 84.2 Å². The van der Waals surface area contributed by atoms with Gasteiger partial charge in [-0.3, -0.25) is 0 Å². The fourth-order valence-corrected chi connectivity index (χ4v) is 1.42. The number of phenols is 2. The minimum atomic E-state index is 0.145. The second kappa shape index (κ2) is 4.33. The Kier molecular flexibility index (Phi) is 3.36. The molecule has 1 aromatic rings. The molecule has 4 N–H and O–H groups in total. The van der Waals surface area contributed by atoms with Gasteiger partial charge in [-0.1, -0.05) is 13.8 Å². The monoisotopic (exact) mass is 195 g/mol. The lowest BCUT2D eigenvalue weighted by molar-refractivity contribution is 0.429. The van der Waals surface area contributed by atoms with Gasteiger partial charge in [0.2, 0.25) is 0 Å². The Morgan fingerprint density at radius 1 is 1.29 bits per heavy atom. The molecule has 0 aliphatic heterocycles. The van der Waals surface area contributed by atoms with Crippen molar-refractivity contribution >= 4 is 0 Å². The second-order valence-corrected chi connectivity index (χ2v) is 3.74. The Morgan fingerprint density at radius 3 is 2.50 bits per heavy atom. The zero-order valence-electron chi connectivity index (χ0n) is 8.57. The van der Waals surface area contributed by atoms with Gasteiger partial charge in [-0.15, -0.1) is 0 Å². The van der Waals surface area contributed by atoms with Gasteiger partial charge in [0.25, 0.3) is 0 Å². The zero-order chi connectivity index (χ0) is 10.7. The third kappa shape index (κ3) is 2.17. The van der Waals surface area contributed by atoms with Crippen LogP contribution in [0.25, 0.3) is 0 Å². The lowest BCUT2D eigenvalue weighted by Crippen LogP contribution is -2.17. The molecule has 0 saturated heterocycles. The van der Waals surface area contributed by atoms with E-state index in [0.29, 0.717) is 6.54 Å². The fourth-order valence-electron chi connectivity index (χ4n) is 1.42. The van der Waals surface area contributed by atoms with Gasteiger partial charge in [-0.05, 0) is 36.6 Å². The van der Waals surface area contributed by atoms with E-state index < -0.39 is 0 Å². The Balaban J connectivity index is 2.99. The average molecular weight is 195 g/mol. The van der Waals surface area contributed by atoms with Crippen molar-refractivity contribution in [2.24, 2.45) is 11.7 Å². The molecule has 0 aliphatic carbocycles. The summed E-state index contributed by atoms with van der Waals surface area (Å²) >= 11 is 0. The standard InChI is InChI=1S/C11H17NO2/c1-7(6-12)8(2)10-5-9(13)3-4-11(10)14/h3-5,7-8,13-14H,6,12H2,1-2H3. The van der Waals surface area contributed by atoms with Gasteiger partial charge in [-0.25, -0.2) is 0 Å². The summed E-state index contributed by atoms with van der Waals surface area (Å²) in [6.45, 7) is 4.58. The molecule has 3 nitrogen and oxygen atoms in total. The highest BCUT2D eigenvalue weighted by Crippen LogP contribution is 2.32. The van der Waals surface area contributed by atoms with Crippen LogP contribution in [0.5, 0.6) is 11.5 Å². The van der Waals surface area contributed by atoms with Crippen molar-refractivity contribution in [1.29, 1.82) is 0 Å². The first-order valence-electron chi connectivity index (χ1n) is 4.78. The number of aromatic hydroxyl groups is 2. The summed E-state index contributed by atoms with van der Waals surface area (Å²) in [5, 5.41) is 18.9. The van der Waals surface area contributed by atoms with Gasteiger partial charge >= 0.3 is 0 Å². The third-order valence-corrected chi connectivity index (χ3v) is 2.73. The number of hydrogen-bond donors (Lipinski definition) is 3. The van der Waals surface area contributed by atoms with Gasteiger partial charge in [-0.2, -0.15) is 0 Å². The van der Waals surface area contributed by atoms with Crippen LogP contribution >= 0.6 is 0 Å². The Bertz CT molecular complexity index is 312. The zero-order valence-corrected chi connectivity index (χ0v) is 8.57. The van der Waals surface area contributed by atoms with Crippen LogP contribution < -0.4 is 5.73 Å². The maximum atomic E-state index is 9.60. The average Bonchev–Trinajstić information content (AvgIpc) is 2.19. The van der Waals surface area contributed by atoms with Crippen LogP contribution in [0, 0.1) is 5.92 Å². The maximum Gasteiger partial charge on any atom is 0.119 e. The third-order valence-electron chi connectivity index (χ3n) is 2.73. The summed E-state index contributed by atoms with van der Waals surface area (Å²) in [7, 11) is 0. The highest BCUT2D eigenvalue weighted by molar-refractivity contribution is 5.40. The van der Waals surface area contributed by atoms with Crippen LogP contribution in [-0.2, 0) is 0 Å². The first kappa shape index (κ1) is 10.9. The van der Waals surface area contributed by atoms with Crippen molar-refractivity contribution in [1.82, 2.24) is 0 Å². The number of phenolic OH excluding ortho intramolecular Hbond substituents is 2. The van der Waals surface area contributed by atoms with E-state index in [1.165, 1.54) is 12.1 Å². The molecule has 14 heavy (non-hydrogen) atoms. The molecule has 0 bridgehead atoms. The molecule has 0 fully saturated rings. The van der Waals surface area contributed by atoms with Gasteiger partial charge in [0, 0.05) is 5.56 Å². The highest BCUT2D eigenvalue weighted by atomic mass is 16.3. The SMILES string of the molecule is CC(CN)C(C)c1cc(O)ccc1O. The fraction of sp³-hybridized carbons (Fsp3) is 0.455. The molecule has 0 radical (unpaired) electrons. The minimum Gasteiger partial charge on any atom is -0.508 e. The number of benzene rings is 1. The van der Waals surface area contributed by atoms with Crippen LogP contribution in [0.2, 0.25) is 0 Å². The van der Waals surface area contributed by atoms with E-state index in [-0.39, 0.29) is 23.3 Å². The van der Waals surface area contributed by atoms with Crippen molar-refractivity contribution in [2.75, 3.05) is 6.54 Å². The smallest absolute Gasteiger partial charge is 0.119 e. The molecule has 78 valence electrons. The van der Waals surface area contributed by atoms with Gasteiger partial charge < -0.3 is 15.9 Å². The van der Waals surface area contributed by atoms with E-state index in [4.69, 9.17) is 5.73 Å². The number of rotatable bonds is 3. The molecule has 0 aromatic heterocycles. The second-order valence-electron chi connectivity index (χ2n) is 3.74. The van der Waals surface area contributed by atoms with Crippen molar-refractivity contribution in [3.05, 3.63) is 23.8 Å². The predicted molar refractivity (Wildman–Crippen MR) is 56.4 cm³/mol. The van der Waals surface area contributed by atoms with E-state index in [0.717, 1.165) is 5.56 Å². The summed E-state index contributed by atoms with van der Waals surface area (Å²) < 4.78 is 0. The van der Waals surface area contributed by atoms with Crippen LogP contribution in [0.15, 0.2) is 18.2 Å². The lowest BCUT2D eigenvalue weighted by atomic mass is 9.88. The molecular formula is C11H17NO2. The molecule has 2 atom stereocenters. The molecular weight excluding hydrogens is 178 g/mol. The first-order valence-corrected chi connectivity index (χ1v) is 4.78. The topological polar surface area (TPSA) is 66.5 Å². The molecule has 0 spiro atoms. The molecule has 3 heteroatoms. The van der Waals surface area contributed by atoms with E-state index in [1.54, 1.807) is 6.07 Å². The van der Waals surface area contributed by atoms with Gasteiger partial charge in [0.05, 0.1) is 0 Å². The number of hydrogen-bond acceptors (Lipinski definition) is 3. The summed E-state index contributed by atoms with van der Waals surface area (Å²) in [6, 6.07) is 4.56. The van der Waals surface area contributed by atoms with Crippen LogP contribution in [0.3, 0.4) is 0 Å². The van der Waals surface area contributed by atoms with Crippen LogP contribution in [0.1, 0.15) is 25.3 Å². The van der Waals surface area contributed by atoms with E-state index in [1.807, 2.05) is 13.8 Å². The predicted octanol–water partition coefficient (Wildman–Crippen LogP) is 1.80. The molecule has 0 saturated carbocycles. The van der Waals surface area contributed by atoms with E-state index in [9.17, 15) is 10.2 Å². The number of nitrogens with two attached hydrogens (primary N) is 1. The Morgan fingerprint density at radius 2 is 1.93 bits per heavy atom. The lowest BCUT2D eigenvalue weighted by Gasteiger charge is -2.19. The van der Waals surface area contributed by atoms with Crippen molar-refractivity contribution in [2.45, 2.75) is 19.8 Å². The molecule has 1 aromatic carbocycles. The normalized spacial score (nSPS) is 15.1. The van der Waals surface area contributed by atoms with E-state index >= 15 is 0 Å². The van der Waals surface area contributed by atoms with Crippen molar-refractivity contribution in [3.63, 3.8) is 0 Å². The van der Waals surface area contributed by atoms with Gasteiger partial charge in [0.15, 0.2) is 0 Å². The molecule has 0 heterocycles. The van der Waals surface area contributed by atoms with Crippen LogP contribution in [0.4, 0.5) is 0 Å². The molecule has 1 rings (SSSR count). The molecule has 2 unspecified atom stereocenters. The quantitative estimate of drug-likeness (QED) is 0.644. The largest absolute Gasteiger partial charge is 0.508 e. The minimum absolute atomic E-state index is 0.145. The van der Waals surface area contributed by atoms with Crippen molar-refractivity contribution in [3.8, 4) is 11.5 Å².